The number of benzene rings is 6. The van der Waals surface area contributed by atoms with Gasteiger partial charge in [0.05, 0.1) is 0 Å². The van der Waals surface area contributed by atoms with Crippen LogP contribution in [0.5, 0.6) is 0 Å². The average molecular weight is 485 g/mol. The first-order chi connectivity index (χ1) is 16.4. The Labute approximate surface area is 199 Å². The molecule has 0 radical (unpaired) electrons. The number of fused-ring (bicyclic) bond motifs is 3. The number of hydrogen-bond acceptors (Lipinski definition) is 1. The minimum atomic E-state index is -2.14. The van der Waals surface area contributed by atoms with Gasteiger partial charge in [-0.1, -0.05) is 0 Å². The Morgan fingerprint density at radius 1 is 0.364 bits per heavy atom. The van der Waals surface area contributed by atoms with Crippen molar-refractivity contribution in [3.05, 3.63) is 127 Å². The number of hydrogen-bond donors (Lipinski definition) is 0. The van der Waals surface area contributed by atoms with E-state index < -0.39 is 14.3 Å². The van der Waals surface area contributed by atoms with Crippen LogP contribution in [0.3, 0.4) is 0 Å². The fourth-order valence-electron chi connectivity index (χ4n) is 4.77. The molecular formula is C31H24GeO. The summed E-state index contributed by atoms with van der Waals surface area (Å²) >= 11 is -2.14. The number of rotatable bonds is 3. The first kappa shape index (κ1) is 21.4. The molecule has 6 aromatic carbocycles. The topological polar surface area (TPSA) is 23.1 Å². The first-order valence-electron chi connectivity index (χ1n) is 11.1. The van der Waals surface area contributed by atoms with Crippen LogP contribution in [0.15, 0.2) is 127 Å². The van der Waals surface area contributed by atoms with Gasteiger partial charge in [-0.3, -0.25) is 0 Å². The summed E-state index contributed by atoms with van der Waals surface area (Å²) in [6, 6.07) is 47.1. The molecule has 158 valence electrons. The first-order valence-corrected chi connectivity index (χ1v) is 14.3. The van der Waals surface area contributed by atoms with Crippen LogP contribution in [0.25, 0.3) is 32.3 Å². The zero-order chi connectivity index (χ0) is 22.6. The van der Waals surface area contributed by atoms with Gasteiger partial charge >= 0.3 is 187 Å². The van der Waals surface area contributed by atoms with Gasteiger partial charge in [-0.25, -0.2) is 0 Å². The molecule has 0 unspecified atom stereocenters. The van der Waals surface area contributed by atoms with Gasteiger partial charge in [0.15, 0.2) is 0 Å². The molecule has 0 saturated heterocycles. The molecule has 0 spiro atoms. The van der Waals surface area contributed by atoms with Crippen molar-refractivity contribution in [3.63, 3.8) is 0 Å². The second-order valence-corrected chi connectivity index (χ2v) is 12.9. The van der Waals surface area contributed by atoms with Crippen LogP contribution in [0.4, 0.5) is 0 Å². The van der Waals surface area contributed by atoms with Crippen LogP contribution in [0.1, 0.15) is 0 Å². The molecule has 33 heavy (non-hydrogen) atoms. The maximum atomic E-state index is 8.25. The molecule has 0 N–H and O–H groups in total. The molecule has 0 aliphatic carbocycles. The maximum absolute atomic E-state index is 8.25. The van der Waals surface area contributed by atoms with E-state index in [1.54, 1.807) is 0 Å². The normalized spacial score (nSPS) is 10.7. The molecule has 0 bridgehead atoms. The van der Waals surface area contributed by atoms with Gasteiger partial charge in [0.1, 0.15) is 0 Å². The van der Waals surface area contributed by atoms with E-state index in [2.05, 4.69) is 127 Å². The van der Waals surface area contributed by atoms with Crippen molar-refractivity contribution in [2.24, 2.45) is 0 Å². The van der Waals surface area contributed by atoms with Crippen LogP contribution in [0.2, 0.25) is 0 Å². The van der Waals surface area contributed by atoms with Crippen molar-refractivity contribution in [2.75, 3.05) is 7.11 Å². The summed E-state index contributed by atoms with van der Waals surface area (Å²) in [5.41, 5.74) is 0. The van der Waals surface area contributed by atoms with Crippen molar-refractivity contribution < 1.29 is 5.11 Å². The third kappa shape index (κ3) is 3.95. The molecule has 6 aromatic rings. The molecule has 0 aliphatic rings. The Morgan fingerprint density at radius 2 is 0.636 bits per heavy atom. The summed E-state index contributed by atoms with van der Waals surface area (Å²) < 4.78 is 4.56. The molecule has 0 atom stereocenters. The van der Waals surface area contributed by atoms with E-state index in [4.69, 9.17) is 5.11 Å². The molecule has 6 rings (SSSR count). The van der Waals surface area contributed by atoms with Crippen molar-refractivity contribution in [2.45, 2.75) is 0 Å². The predicted molar refractivity (Wildman–Crippen MR) is 142 cm³/mol. The Balaban J connectivity index is 0.00000111. The van der Waals surface area contributed by atoms with E-state index >= 15 is 0 Å². The monoisotopic (exact) mass is 486 g/mol. The summed E-state index contributed by atoms with van der Waals surface area (Å²) in [6.45, 7) is 0. The van der Waals surface area contributed by atoms with E-state index in [-0.39, 0.29) is 0 Å². The van der Waals surface area contributed by atoms with Crippen LogP contribution < -0.4 is 18.3 Å². The van der Waals surface area contributed by atoms with E-state index in [0.29, 0.717) is 0 Å². The molecule has 0 aromatic heterocycles. The Morgan fingerprint density at radius 3 is 0.970 bits per heavy atom. The van der Waals surface area contributed by atoms with Crippen LogP contribution in [-0.4, -0.2) is 21.5 Å². The summed E-state index contributed by atoms with van der Waals surface area (Å²) in [5, 5.41) is 16.4. The molecule has 2 heteroatoms. The van der Waals surface area contributed by atoms with E-state index in [1.807, 2.05) is 0 Å². The summed E-state index contributed by atoms with van der Waals surface area (Å²) in [7, 11) is 0.750. The van der Waals surface area contributed by atoms with Crippen molar-refractivity contribution in [1.29, 1.82) is 0 Å². The van der Waals surface area contributed by atoms with E-state index in [9.17, 15) is 0 Å². The molecule has 0 saturated carbocycles. The van der Waals surface area contributed by atoms with Gasteiger partial charge in [-0.15, -0.1) is 0 Å². The van der Waals surface area contributed by atoms with E-state index in [1.165, 1.54) is 45.5 Å². The molecule has 0 heterocycles. The SMILES string of the molecule is C[O-].c1ccc2[c]([Ge+]([c]3cccc4ccccc34)[c]3cccc4ccccc34)cccc2c1. The van der Waals surface area contributed by atoms with Gasteiger partial charge in [0.25, 0.3) is 0 Å². The molecule has 0 fully saturated rings. The van der Waals surface area contributed by atoms with Gasteiger partial charge in [-0.2, -0.15) is 7.11 Å². The molecule has 0 aliphatic heterocycles. The standard InChI is InChI=1S/C30H21Ge.CH3O/c1-4-16-25-22(10-1)13-7-19-28(25)31(29-20-8-14-23-11-2-5-17-26(23)29)30-21-9-15-24-12-3-6-18-27(24)30;1-2/h1-21H;1H3/q+1;-1. The van der Waals surface area contributed by atoms with Crippen molar-refractivity contribution in [3.8, 4) is 0 Å². The Hall–Kier alpha value is -3.40. The van der Waals surface area contributed by atoms with Crippen molar-refractivity contribution >= 4 is 59.9 Å². The predicted octanol–water partition coefficient (Wildman–Crippen LogP) is 4.64. The molecule has 0 amide bonds. The third-order valence-corrected chi connectivity index (χ3v) is 12.3. The van der Waals surface area contributed by atoms with Gasteiger partial charge in [0, 0.05) is 0 Å². The fourth-order valence-corrected chi connectivity index (χ4v) is 11.4. The van der Waals surface area contributed by atoms with Crippen molar-refractivity contribution in [1.82, 2.24) is 0 Å². The Bertz CT molecular complexity index is 1350. The van der Waals surface area contributed by atoms with E-state index in [0.717, 1.165) is 7.11 Å². The van der Waals surface area contributed by atoms with Crippen LogP contribution in [-0.2, 0) is 0 Å². The fraction of sp³-hybridized carbons (Fsp3) is 0.0323. The third-order valence-electron chi connectivity index (χ3n) is 6.18. The summed E-state index contributed by atoms with van der Waals surface area (Å²) in [5.74, 6) is 0. The average Bonchev–Trinajstić information content (AvgIpc) is 2.90. The Kier molecular flexibility index (Phi) is 6.25. The van der Waals surface area contributed by atoms with Gasteiger partial charge in [-0.05, 0) is 0 Å². The molecular weight excluding hydrogens is 461 g/mol. The van der Waals surface area contributed by atoms with Gasteiger partial charge in [0.2, 0.25) is 0 Å². The summed E-state index contributed by atoms with van der Waals surface area (Å²) in [4.78, 5) is 0. The summed E-state index contributed by atoms with van der Waals surface area (Å²) in [6.07, 6.45) is 0. The zero-order valence-corrected chi connectivity index (χ0v) is 20.6. The zero-order valence-electron chi connectivity index (χ0n) is 18.5. The second-order valence-electron chi connectivity index (χ2n) is 7.96. The second kappa shape index (κ2) is 9.62. The van der Waals surface area contributed by atoms with Crippen LogP contribution >= 0.6 is 0 Å². The molecule has 1 nitrogen and oxygen atoms in total. The quantitative estimate of drug-likeness (QED) is 0.335. The minimum absolute atomic E-state index is 0.750. The van der Waals surface area contributed by atoms with Crippen LogP contribution in [0, 0.1) is 0 Å². The van der Waals surface area contributed by atoms with Gasteiger partial charge < -0.3 is 5.11 Å².